The Morgan fingerprint density at radius 3 is 2.65 bits per heavy atom. The van der Waals surface area contributed by atoms with Crippen molar-refractivity contribution in [1.82, 2.24) is 9.88 Å². The number of carboxylic acids is 1. The van der Waals surface area contributed by atoms with Crippen molar-refractivity contribution in [2.45, 2.75) is 31.6 Å². The number of likely N-dealkylation sites (tertiary alicyclic amines) is 1. The minimum atomic E-state index is -0.813. The summed E-state index contributed by atoms with van der Waals surface area (Å²) in [5, 5.41) is 14.7. The van der Waals surface area contributed by atoms with Crippen LogP contribution in [-0.4, -0.2) is 47.2 Å². The molecule has 3 aromatic carbocycles. The Morgan fingerprint density at radius 2 is 1.81 bits per heavy atom. The van der Waals surface area contributed by atoms with Crippen LogP contribution in [0, 0.1) is 6.92 Å². The molecule has 6 nitrogen and oxygen atoms in total. The molecular formula is C31H33N3O3. The summed E-state index contributed by atoms with van der Waals surface area (Å²) in [6, 6.07) is 27.9. The Bertz CT molecular complexity index is 1370. The van der Waals surface area contributed by atoms with Crippen molar-refractivity contribution < 1.29 is 14.6 Å². The van der Waals surface area contributed by atoms with E-state index in [0.29, 0.717) is 19.4 Å². The molecule has 4 aromatic rings. The van der Waals surface area contributed by atoms with Gasteiger partial charge in [-0.2, -0.15) is 0 Å². The number of aromatic nitrogens is 1. The molecule has 1 aliphatic rings. The van der Waals surface area contributed by atoms with Gasteiger partial charge in [-0.25, -0.2) is 0 Å². The van der Waals surface area contributed by atoms with Crippen LogP contribution in [0.2, 0.25) is 0 Å². The minimum absolute atomic E-state index is 0.548. The zero-order chi connectivity index (χ0) is 25.7. The highest BCUT2D eigenvalue weighted by atomic mass is 16.5. The summed E-state index contributed by atoms with van der Waals surface area (Å²) in [6.07, 6.45) is 2.10. The SMILES string of the molecule is Cc1cc(Nc2cccc(OCCN3CCCC(C(=O)O)(c4ccccc4)CC3)c2)c2ccccc2n1. The molecule has 1 fully saturated rings. The number of anilines is 2. The summed E-state index contributed by atoms with van der Waals surface area (Å²) in [7, 11) is 0. The van der Waals surface area contributed by atoms with Crippen molar-refractivity contribution in [3.63, 3.8) is 0 Å². The predicted molar refractivity (Wildman–Crippen MR) is 148 cm³/mol. The van der Waals surface area contributed by atoms with Crippen LogP contribution in [0.25, 0.3) is 10.9 Å². The molecule has 5 rings (SSSR count). The Balaban J connectivity index is 1.20. The van der Waals surface area contributed by atoms with Crippen LogP contribution >= 0.6 is 0 Å². The van der Waals surface area contributed by atoms with E-state index in [-0.39, 0.29) is 0 Å². The van der Waals surface area contributed by atoms with Crippen molar-refractivity contribution in [3.8, 4) is 5.75 Å². The molecule has 0 spiro atoms. The highest BCUT2D eigenvalue weighted by molar-refractivity contribution is 5.93. The molecule has 0 saturated carbocycles. The van der Waals surface area contributed by atoms with E-state index in [9.17, 15) is 9.90 Å². The van der Waals surface area contributed by atoms with Gasteiger partial charge in [0.2, 0.25) is 0 Å². The fraction of sp³-hybridized carbons (Fsp3) is 0.290. The summed E-state index contributed by atoms with van der Waals surface area (Å²) in [5.41, 5.74) is 4.00. The summed E-state index contributed by atoms with van der Waals surface area (Å²) < 4.78 is 6.11. The van der Waals surface area contributed by atoms with Gasteiger partial charge in [0.05, 0.1) is 10.9 Å². The molecule has 0 bridgehead atoms. The van der Waals surface area contributed by atoms with Crippen molar-refractivity contribution in [2.24, 2.45) is 0 Å². The topological polar surface area (TPSA) is 74.7 Å². The number of hydrogen-bond donors (Lipinski definition) is 2. The highest BCUT2D eigenvalue weighted by Crippen LogP contribution is 2.36. The third-order valence-electron chi connectivity index (χ3n) is 7.30. The standard InChI is InChI=1S/C31H33N3O3/c1-23-21-29(27-13-5-6-14-28(27)32-23)33-25-11-7-12-26(22-25)37-20-19-34-17-8-15-31(16-18-34,30(35)36)24-9-3-2-4-10-24/h2-7,9-14,21-22H,8,15-20H2,1H3,(H,32,33)(H,35,36). The molecule has 1 atom stereocenters. The van der Waals surface area contributed by atoms with E-state index < -0.39 is 11.4 Å². The van der Waals surface area contributed by atoms with Gasteiger partial charge < -0.3 is 15.2 Å². The number of para-hydroxylation sites is 1. The van der Waals surface area contributed by atoms with Gasteiger partial charge in [0.15, 0.2) is 0 Å². The number of ether oxygens (including phenoxy) is 1. The van der Waals surface area contributed by atoms with Gasteiger partial charge in [0, 0.05) is 35.1 Å². The van der Waals surface area contributed by atoms with E-state index in [2.05, 4.69) is 27.3 Å². The zero-order valence-corrected chi connectivity index (χ0v) is 21.2. The number of hydrogen-bond acceptors (Lipinski definition) is 5. The maximum Gasteiger partial charge on any atom is 0.314 e. The smallest absolute Gasteiger partial charge is 0.314 e. The predicted octanol–water partition coefficient (Wildman–Crippen LogP) is 6.17. The number of aryl methyl sites for hydroxylation is 1. The third kappa shape index (κ3) is 5.59. The first kappa shape index (κ1) is 24.8. The Kier molecular flexibility index (Phi) is 7.37. The molecule has 1 aromatic heterocycles. The molecule has 6 heteroatoms. The number of carboxylic acid groups (broad SMARTS) is 1. The second-order valence-corrected chi connectivity index (χ2v) is 9.78. The fourth-order valence-electron chi connectivity index (χ4n) is 5.32. The van der Waals surface area contributed by atoms with Crippen LogP contribution in [0.5, 0.6) is 5.75 Å². The molecule has 0 radical (unpaired) electrons. The van der Waals surface area contributed by atoms with Crippen LogP contribution in [0.4, 0.5) is 11.4 Å². The number of carbonyl (C=O) groups is 1. The van der Waals surface area contributed by atoms with Crippen LogP contribution in [-0.2, 0) is 10.2 Å². The first-order valence-electron chi connectivity index (χ1n) is 12.9. The number of benzene rings is 3. The Morgan fingerprint density at radius 1 is 1.00 bits per heavy atom. The first-order valence-corrected chi connectivity index (χ1v) is 12.9. The number of fused-ring (bicyclic) bond motifs is 1. The molecular weight excluding hydrogens is 462 g/mol. The number of pyridine rings is 1. The average molecular weight is 496 g/mol. The number of aliphatic carboxylic acids is 1. The second kappa shape index (κ2) is 11.0. The van der Waals surface area contributed by atoms with E-state index in [1.54, 1.807) is 0 Å². The van der Waals surface area contributed by atoms with Gasteiger partial charge in [-0.3, -0.25) is 14.7 Å². The summed E-state index contributed by atoms with van der Waals surface area (Å²) in [6.45, 7) is 4.92. The van der Waals surface area contributed by atoms with Gasteiger partial charge in [-0.15, -0.1) is 0 Å². The summed E-state index contributed by atoms with van der Waals surface area (Å²) in [5.74, 6) is 0.0809. The van der Waals surface area contributed by atoms with E-state index in [0.717, 1.165) is 65.3 Å². The van der Waals surface area contributed by atoms with E-state index in [1.807, 2.05) is 79.7 Å². The number of rotatable bonds is 8. The number of nitrogens with one attached hydrogen (secondary N) is 1. The average Bonchev–Trinajstić information content (AvgIpc) is 3.13. The van der Waals surface area contributed by atoms with Crippen LogP contribution < -0.4 is 10.1 Å². The fourth-order valence-corrected chi connectivity index (χ4v) is 5.32. The summed E-state index contributed by atoms with van der Waals surface area (Å²) in [4.78, 5) is 19.3. The van der Waals surface area contributed by atoms with Crippen molar-refractivity contribution in [2.75, 3.05) is 31.6 Å². The lowest BCUT2D eigenvalue weighted by Gasteiger charge is -2.29. The largest absolute Gasteiger partial charge is 0.492 e. The molecule has 37 heavy (non-hydrogen) atoms. The lowest BCUT2D eigenvalue weighted by molar-refractivity contribution is -0.144. The van der Waals surface area contributed by atoms with Gasteiger partial charge in [0.25, 0.3) is 0 Å². The normalized spacial score (nSPS) is 18.3. The first-order chi connectivity index (χ1) is 18.0. The van der Waals surface area contributed by atoms with Crippen LogP contribution in [0.3, 0.4) is 0 Å². The number of nitrogens with zero attached hydrogens (tertiary/aromatic N) is 2. The molecule has 1 unspecified atom stereocenters. The molecule has 1 aliphatic heterocycles. The van der Waals surface area contributed by atoms with Crippen LogP contribution in [0.1, 0.15) is 30.5 Å². The van der Waals surface area contributed by atoms with Crippen molar-refractivity contribution >= 4 is 28.2 Å². The van der Waals surface area contributed by atoms with Crippen LogP contribution in [0.15, 0.2) is 84.9 Å². The molecule has 1 saturated heterocycles. The van der Waals surface area contributed by atoms with E-state index >= 15 is 0 Å². The highest BCUT2D eigenvalue weighted by Gasteiger charge is 2.41. The summed E-state index contributed by atoms with van der Waals surface area (Å²) >= 11 is 0. The molecule has 2 N–H and O–H groups in total. The Hall–Kier alpha value is -3.90. The molecule has 0 amide bonds. The van der Waals surface area contributed by atoms with Gasteiger partial charge in [-0.1, -0.05) is 54.6 Å². The minimum Gasteiger partial charge on any atom is -0.492 e. The lowest BCUT2D eigenvalue weighted by Crippen LogP contribution is -2.37. The molecule has 0 aliphatic carbocycles. The van der Waals surface area contributed by atoms with Gasteiger partial charge in [-0.05, 0) is 69.1 Å². The maximum atomic E-state index is 12.3. The van der Waals surface area contributed by atoms with Gasteiger partial charge in [0.1, 0.15) is 12.4 Å². The zero-order valence-electron chi connectivity index (χ0n) is 21.2. The third-order valence-corrected chi connectivity index (χ3v) is 7.30. The Labute approximate surface area is 217 Å². The molecule has 2 heterocycles. The second-order valence-electron chi connectivity index (χ2n) is 9.78. The van der Waals surface area contributed by atoms with Gasteiger partial charge >= 0.3 is 5.97 Å². The quantitative estimate of drug-likeness (QED) is 0.304. The lowest BCUT2D eigenvalue weighted by atomic mass is 9.74. The molecule has 190 valence electrons. The maximum absolute atomic E-state index is 12.3. The van der Waals surface area contributed by atoms with Crippen molar-refractivity contribution in [1.29, 1.82) is 0 Å². The van der Waals surface area contributed by atoms with E-state index in [4.69, 9.17) is 4.74 Å². The van der Waals surface area contributed by atoms with Crippen molar-refractivity contribution in [3.05, 3.63) is 96.2 Å². The van der Waals surface area contributed by atoms with E-state index in [1.165, 1.54) is 0 Å². The monoisotopic (exact) mass is 495 g/mol.